The fraction of sp³-hybridized carbons (Fsp3) is 0.600. The molecule has 21 heavy (non-hydrogen) atoms. The first kappa shape index (κ1) is 14.7. The number of thiophene rings is 1. The van der Waals surface area contributed by atoms with Crippen LogP contribution in [0.25, 0.3) is 10.2 Å². The van der Waals surface area contributed by atoms with Crippen LogP contribution < -0.4 is 10.9 Å². The summed E-state index contributed by atoms with van der Waals surface area (Å²) in [5.74, 6) is 0.732. The molecule has 0 atom stereocenters. The smallest absolute Gasteiger partial charge is 0.259 e. The maximum Gasteiger partial charge on any atom is 0.259 e. The van der Waals surface area contributed by atoms with E-state index in [4.69, 9.17) is 0 Å². The Morgan fingerprint density at radius 2 is 2.10 bits per heavy atom. The largest absolute Gasteiger partial charge is 0.309 e. The van der Waals surface area contributed by atoms with Crippen molar-refractivity contribution in [1.29, 1.82) is 0 Å². The van der Waals surface area contributed by atoms with Crippen LogP contribution >= 0.6 is 11.3 Å². The number of aromatic amines is 1. The second-order valence-electron chi connectivity index (χ2n) is 5.70. The molecule has 5 nitrogen and oxygen atoms in total. The van der Waals surface area contributed by atoms with Crippen LogP contribution in [0.1, 0.15) is 29.1 Å². The summed E-state index contributed by atoms with van der Waals surface area (Å²) in [6, 6.07) is 0. The van der Waals surface area contributed by atoms with Gasteiger partial charge in [0.1, 0.15) is 10.7 Å². The average Bonchev–Trinajstić information content (AvgIpc) is 3.04. The normalized spacial score (nSPS) is 16.1. The molecule has 2 aromatic rings. The average molecular weight is 306 g/mol. The van der Waals surface area contributed by atoms with E-state index in [-0.39, 0.29) is 5.56 Å². The number of H-pyrrole nitrogens is 1. The van der Waals surface area contributed by atoms with Crippen LogP contribution in [0.5, 0.6) is 0 Å². The molecule has 114 valence electrons. The van der Waals surface area contributed by atoms with Crippen molar-refractivity contribution in [2.75, 3.05) is 26.2 Å². The van der Waals surface area contributed by atoms with Gasteiger partial charge >= 0.3 is 0 Å². The van der Waals surface area contributed by atoms with Crippen molar-refractivity contribution in [1.82, 2.24) is 20.2 Å². The van der Waals surface area contributed by atoms with Gasteiger partial charge in [-0.05, 0) is 45.3 Å². The molecule has 0 saturated carbocycles. The first-order chi connectivity index (χ1) is 10.1. The molecule has 0 bridgehead atoms. The summed E-state index contributed by atoms with van der Waals surface area (Å²) in [6.45, 7) is 9.09. The number of hydrogen-bond donors (Lipinski definition) is 2. The molecule has 6 heteroatoms. The number of rotatable bonds is 5. The van der Waals surface area contributed by atoms with E-state index in [1.54, 1.807) is 11.3 Å². The van der Waals surface area contributed by atoms with Gasteiger partial charge in [-0.15, -0.1) is 11.3 Å². The van der Waals surface area contributed by atoms with Crippen molar-refractivity contribution < 1.29 is 0 Å². The van der Waals surface area contributed by atoms with Gasteiger partial charge in [0.15, 0.2) is 0 Å². The van der Waals surface area contributed by atoms with Crippen molar-refractivity contribution in [3.8, 4) is 0 Å². The van der Waals surface area contributed by atoms with Crippen molar-refractivity contribution >= 4 is 21.6 Å². The topological polar surface area (TPSA) is 61.0 Å². The van der Waals surface area contributed by atoms with Crippen LogP contribution in [-0.4, -0.2) is 41.0 Å². The molecular weight excluding hydrogens is 284 g/mol. The highest BCUT2D eigenvalue weighted by Crippen LogP contribution is 2.25. The number of likely N-dealkylation sites (tertiary alicyclic amines) is 1. The highest BCUT2D eigenvalue weighted by Gasteiger charge is 2.12. The Kier molecular flexibility index (Phi) is 4.37. The van der Waals surface area contributed by atoms with E-state index < -0.39 is 0 Å². The lowest BCUT2D eigenvalue weighted by atomic mass is 10.2. The number of hydrogen-bond acceptors (Lipinski definition) is 5. The Labute approximate surface area is 128 Å². The molecule has 2 N–H and O–H groups in total. The van der Waals surface area contributed by atoms with Crippen LogP contribution in [0.4, 0.5) is 0 Å². The fourth-order valence-electron chi connectivity index (χ4n) is 2.83. The van der Waals surface area contributed by atoms with Gasteiger partial charge in [0.05, 0.1) is 11.9 Å². The third-order valence-electron chi connectivity index (χ3n) is 4.18. The Morgan fingerprint density at radius 3 is 2.86 bits per heavy atom. The van der Waals surface area contributed by atoms with E-state index >= 15 is 0 Å². The fourth-order valence-corrected chi connectivity index (χ4v) is 3.88. The molecule has 3 heterocycles. The SMILES string of the molecule is Cc1sc2nc(CNCCN3CCCC3)[nH]c(=O)c2c1C. The summed E-state index contributed by atoms with van der Waals surface area (Å²) in [5, 5.41) is 4.12. The summed E-state index contributed by atoms with van der Waals surface area (Å²) >= 11 is 1.60. The van der Waals surface area contributed by atoms with Gasteiger partial charge in [-0.2, -0.15) is 0 Å². The molecular formula is C15H22N4OS. The summed E-state index contributed by atoms with van der Waals surface area (Å²) < 4.78 is 0. The van der Waals surface area contributed by atoms with E-state index in [1.807, 2.05) is 13.8 Å². The van der Waals surface area contributed by atoms with Gasteiger partial charge in [0, 0.05) is 18.0 Å². The maximum atomic E-state index is 12.2. The minimum absolute atomic E-state index is 0.0156. The lowest BCUT2D eigenvalue weighted by molar-refractivity contribution is 0.335. The van der Waals surface area contributed by atoms with E-state index in [1.165, 1.54) is 30.8 Å². The number of aryl methyl sites for hydroxylation is 2. The third-order valence-corrected chi connectivity index (χ3v) is 5.29. The second kappa shape index (κ2) is 6.25. The quantitative estimate of drug-likeness (QED) is 0.827. The van der Waals surface area contributed by atoms with Gasteiger partial charge in [0.25, 0.3) is 5.56 Å². The predicted octanol–water partition coefficient (Wildman–Crippen LogP) is 1.79. The van der Waals surface area contributed by atoms with Crippen molar-refractivity contribution in [3.63, 3.8) is 0 Å². The van der Waals surface area contributed by atoms with Crippen LogP contribution in [0.3, 0.4) is 0 Å². The predicted molar refractivity (Wildman–Crippen MR) is 87.1 cm³/mol. The maximum absolute atomic E-state index is 12.2. The van der Waals surface area contributed by atoms with Gasteiger partial charge in [-0.1, -0.05) is 0 Å². The zero-order chi connectivity index (χ0) is 14.8. The van der Waals surface area contributed by atoms with Crippen LogP contribution in [-0.2, 0) is 6.54 Å². The molecule has 1 fully saturated rings. The minimum atomic E-state index is -0.0156. The lowest BCUT2D eigenvalue weighted by Gasteiger charge is -2.14. The Balaban J connectivity index is 1.63. The van der Waals surface area contributed by atoms with Crippen LogP contribution in [0.2, 0.25) is 0 Å². The van der Waals surface area contributed by atoms with E-state index in [0.717, 1.165) is 34.7 Å². The molecule has 3 rings (SSSR count). The standard InChI is InChI=1S/C15H22N4OS/c1-10-11(2)21-15-13(10)14(20)17-12(18-15)9-16-5-8-19-6-3-4-7-19/h16H,3-9H2,1-2H3,(H,17,18,20). The second-order valence-corrected chi connectivity index (χ2v) is 6.90. The molecule has 0 spiro atoms. The molecule has 0 aromatic carbocycles. The van der Waals surface area contributed by atoms with Crippen molar-refractivity contribution in [2.24, 2.45) is 0 Å². The van der Waals surface area contributed by atoms with Gasteiger partial charge in [0.2, 0.25) is 0 Å². The number of nitrogens with one attached hydrogen (secondary N) is 2. The zero-order valence-electron chi connectivity index (χ0n) is 12.7. The number of fused-ring (bicyclic) bond motifs is 1. The summed E-state index contributed by atoms with van der Waals surface area (Å²) in [5.41, 5.74) is 1.04. The molecule has 0 radical (unpaired) electrons. The summed E-state index contributed by atoms with van der Waals surface area (Å²) in [4.78, 5) is 24.1. The van der Waals surface area contributed by atoms with Gasteiger partial charge < -0.3 is 15.2 Å². The van der Waals surface area contributed by atoms with Crippen molar-refractivity contribution in [2.45, 2.75) is 33.2 Å². The Morgan fingerprint density at radius 1 is 1.33 bits per heavy atom. The first-order valence-corrected chi connectivity index (χ1v) is 8.39. The van der Waals surface area contributed by atoms with Gasteiger partial charge in [-0.3, -0.25) is 4.79 Å². The van der Waals surface area contributed by atoms with E-state index in [9.17, 15) is 4.79 Å². The summed E-state index contributed by atoms with van der Waals surface area (Å²) in [7, 11) is 0. The molecule has 2 aromatic heterocycles. The lowest BCUT2D eigenvalue weighted by Crippen LogP contribution is -2.30. The molecule has 1 aliphatic rings. The monoisotopic (exact) mass is 306 g/mol. The minimum Gasteiger partial charge on any atom is -0.309 e. The third kappa shape index (κ3) is 3.17. The number of nitrogens with zero attached hydrogens (tertiary/aromatic N) is 2. The highest BCUT2D eigenvalue weighted by atomic mass is 32.1. The molecule has 1 aliphatic heterocycles. The van der Waals surface area contributed by atoms with E-state index in [0.29, 0.717) is 6.54 Å². The van der Waals surface area contributed by atoms with Gasteiger partial charge in [-0.25, -0.2) is 4.98 Å². The first-order valence-electron chi connectivity index (χ1n) is 7.57. The van der Waals surface area contributed by atoms with Crippen LogP contribution in [0.15, 0.2) is 4.79 Å². The Bertz CT molecular complexity index is 685. The molecule has 0 unspecified atom stereocenters. The van der Waals surface area contributed by atoms with Crippen molar-refractivity contribution in [3.05, 3.63) is 26.6 Å². The summed E-state index contributed by atoms with van der Waals surface area (Å²) in [6.07, 6.45) is 2.64. The van der Waals surface area contributed by atoms with E-state index in [2.05, 4.69) is 20.2 Å². The Hall–Kier alpha value is -1.24. The van der Waals surface area contributed by atoms with Crippen LogP contribution in [0, 0.1) is 13.8 Å². The number of aromatic nitrogens is 2. The molecule has 1 saturated heterocycles. The molecule has 0 amide bonds. The molecule has 0 aliphatic carbocycles. The highest BCUT2D eigenvalue weighted by molar-refractivity contribution is 7.18. The zero-order valence-corrected chi connectivity index (χ0v) is 13.5.